The second-order valence-corrected chi connectivity index (χ2v) is 6.35. The van der Waals surface area contributed by atoms with E-state index < -0.39 is 4.08 Å². The Balaban J connectivity index is 2.35. The largest absolute Gasteiger partial charge is 0.356 e. The number of carbonyl (C=O) groups is 1. The van der Waals surface area contributed by atoms with Crippen LogP contribution in [0.2, 0.25) is 0 Å². The lowest BCUT2D eigenvalue weighted by Gasteiger charge is -2.21. The number of thiol groups is 2. The zero-order chi connectivity index (χ0) is 14.1. The number of nitrogens with one attached hydrogen (secondary N) is 1. The average molecular weight is 297 g/mol. The highest BCUT2D eigenvalue weighted by atomic mass is 32.2. The van der Waals surface area contributed by atoms with Gasteiger partial charge in [-0.2, -0.15) is 25.3 Å². The van der Waals surface area contributed by atoms with Crippen molar-refractivity contribution in [3.8, 4) is 0 Å². The number of carbonyl (C=O) groups excluding carboxylic acids is 1. The number of pyridine rings is 1. The SMILES string of the molecule is [CH2]CCCCCNC(=O)CC(S)(S)c1ccccn1. The minimum absolute atomic E-state index is 0.0507. The molecule has 1 radical (unpaired) electrons. The zero-order valence-electron chi connectivity index (χ0n) is 11.0. The first kappa shape index (κ1) is 16.4. The maximum absolute atomic E-state index is 11.8. The Labute approximate surface area is 126 Å². The van der Waals surface area contributed by atoms with Gasteiger partial charge in [-0.15, -0.1) is 0 Å². The first-order chi connectivity index (χ1) is 9.06. The highest BCUT2D eigenvalue weighted by molar-refractivity contribution is 7.99. The number of amides is 1. The van der Waals surface area contributed by atoms with Crippen molar-refractivity contribution in [2.45, 2.75) is 36.2 Å². The molecular weight excluding hydrogens is 276 g/mol. The minimum Gasteiger partial charge on any atom is -0.356 e. The predicted octanol–water partition coefficient (Wildman–Crippen LogP) is 2.99. The van der Waals surface area contributed by atoms with E-state index in [9.17, 15) is 4.79 Å². The van der Waals surface area contributed by atoms with E-state index >= 15 is 0 Å². The lowest BCUT2D eigenvalue weighted by Crippen LogP contribution is -2.29. The molecule has 1 N–H and O–H groups in total. The van der Waals surface area contributed by atoms with Gasteiger partial charge in [-0.3, -0.25) is 9.78 Å². The molecule has 1 rings (SSSR count). The Hall–Kier alpha value is -0.680. The summed E-state index contributed by atoms with van der Waals surface area (Å²) in [6.45, 7) is 4.48. The molecule has 0 aromatic carbocycles. The Bertz CT molecular complexity index is 382. The van der Waals surface area contributed by atoms with Crippen molar-refractivity contribution in [3.63, 3.8) is 0 Å². The first-order valence-corrected chi connectivity index (χ1v) is 7.38. The van der Waals surface area contributed by atoms with Crippen LogP contribution in [0.5, 0.6) is 0 Å². The molecule has 0 unspecified atom stereocenters. The number of rotatable bonds is 8. The minimum atomic E-state index is -0.835. The summed E-state index contributed by atoms with van der Waals surface area (Å²) in [4.78, 5) is 16.0. The summed E-state index contributed by atoms with van der Waals surface area (Å²) >= 11 is 8.85. The molecule has 0 spiro atoms. The lowest BCUT2D eigenvalue weighted by atomic mass is 10.2. The van der Waals surface area contributed by atoms with Crippen LogP contribution in [0.25, 0.3) is 0 Å². The molecule has 5 heteroatoms. The van der Waals surface area contributed by atoms with Gasteiger partial charge in [-0.1, -0.05) is 32.3 Å². The van der Waals surface area contributed by atoms with Crippen molar-refractivity contribution in [2.24, 2.45) is 0 Å². The molecule has 0 fully saturated rings. The van der Waals surface area contributed by atoms with Crippen molar-refractivity contribution in [1.82, 2.24) is 10.3 Å². The Morgan fingerprint density at radius 3 is 2.74 bits per heavy atom. The van der Waals surface area contributed by atoms with E-state index in [0.717, 1.165) is 25.7 Å². The molecular formula is C14H21N2OS2. The van der Waals surface area contributed by atoms with Crippen LogP contribution in [0.15, 0.2) is 24.4 Å². The monoisotopic (exact) mass is 297 g/mol. The molecule has 1 heterocycles. The van der Waals surface area contributed by atoms with Crippen LogP contribution in [-0.4, -0.2) is 17.4 Å². The van der Waals surface area contributed by atoms with Gasteiger partial charge in [0.05, 0.1) is 12.1 Å². The molecule has 1 aromatic rings. The first-order valence-electron chi connectivity index (χ1n) is 6.48. The van der Waals surface area contributed by atoms with Crippen LogP contribution in [0.1, 0.15) is 37.8 Å². The molecule has 1 aromatic heterocycles. The summed E-state index contributed by atoms with van der Waals surface area (Å²) in [5.74, 6) is -0.0507. The molecule has 0 aliphatic rings. The number of hydrogen-bond donors (Lipinski definition) is 3. The fourth-order valence-electron chi connectivity index (χ4n) is 1.68. The van der Waals surface area contributed by atoms with Crippen molar-refractivity contribution < 1.29 is 4.79 Å². The van der Waals surface area contributed by atoms with E-state index in [4.69, 9.17) is 0 Å². The third-order valence-electron chi connectivity index (χ3n) is 2.73. The van der Waals surface area contributed by atoms with Crippen LogP contribution in [0.3, 0.4) is 0 Å². The summed E-state index contributed by atoms with van der Waals surface area (Å²) in [6, 6.07) is 5.51. The van der Waals surface area contributed by atoms with Crippen LogP contribution >= 0.6 is 25.3 Å². The zero-order valence-corrected chi connectivity index (χ0v) is 12.8. The maximum Gasteiger partial charge on any atom is 0.222 e. The van der Waals surface area contributed by atoms with E-state index in [1.165, 1.54) is 0 Å². The van der Waals surface area contributed by atoms with Crippen molar-refractivity contribution in [2.75, 3.05) is 6.54 Å². The Morgan fingerprint density at radius 1 is 1.32 bits per heavy atom. The number of nitrogens with zero attached hydrogens (tertiary/aromatic N) is 1. The summed E-state index contributed by atoms with van der Waals surface area (Å²) in [6.07, 6.45) is 6.00. The summed E-state index contributed by atoms with van der Waals surface area (Å²) in [7, 11) is 0. The van der Waals surface area contributed by atoms with Gasteiger partial charge in [-0.25, -0.2) is 0 Å². The topological polar surface area (TPSA) is 42.0 Å². The molecule has 105 valence electrons. The fourth-order valence-corrected chi connectivity index (χ4v) is 2.23. The summed E-state index contributed by atoms with van der Waals surface area (Å²) in [5.41, 5.74) is 0.689. The maximum atomic E-state index is 11.8. The van der Waals surface area contributed by atoms with E-state index in [2.05, 4.69) is 42.5 Å². The lowest BCUT2D eigenvalue weighted by molar-refractivity contribution is -0.121. The Morgan fingerprint density at radius 2 is 2.11 bits per heavy atom. The summed E-state index contributed by atoms with van der Waals surface area (Å²) in [5, 5.41) is 2.88. The standard InChI is InChI=1S/C14H21N2OS2/c1-2-3-4-6-10-16-13(17)11-14(18,19)12-8-5-7-9-15-12/h5,7-9,18-19H,1-4,6,10-11H2,(H,16,17). The van der Waals surface area contributed by atoms with Crippen molar-refractivity contribution >= 4 is 31.2 Å². The van der Waals surface area contributed by atoms with Crippen LogP contribution in [-0.2, 0) is 8.87 Å². The van der Waals surface area contributed by atoms with Crippen LogP contribution in [0, 0.1) is 6.92 Å². The van der Waals surface area contributed by atoms with Gasteiger partial charge in [0.1, 0.15) is 4.08 Å². The Kier molecular flexibility index (Phi) is 7.31. The normalized spacial score (nSPS) is 11.3. The molecule has 0 aliphatic carbocycles. The quantitative estimate of drug-likeness (QED) is 0.392. The molecule has 1 amide bonds. The molecule has 3 nitrogen and oxygen atoms in total. The van der Waals surface area contributed by atoms with Gasteiger partial charge in [0.2, 0.25) is 5.91 Å². The molecule has 19 heavy (non-hydrogen) atoms. The van der Waals surface area contributed by atoms with Gasteiger partial charge < -0.3 is 5.32 Å². The van der Waals surface area contributed by atoms with Gasteiger partial charge in [0, 0.05) is 12.7 Å². The molecule has 0 saturated carbocycles. The second-order valence-electron chi connectivity index (χ2n) is 4.47. The van der Waals surface area contributed by atoms with Gasteiger partial charge >= 0.3 is 0 Å². The fraction of sp³-hybridized carbons (Fsp3) is 0.500. The van der Waals surface area contributed by atoms with Crippen molar-refractivity contribution in [3.05, 3.63) is 37.0 Å². The second kappa shape index (κ2) is 8.48. The van der Waals surface area contributed by atoms with E-state index in [-0.39, 0.29) is 12.3 Å². The number of aromatic nitrogens is 1. The molecule has 0 bridgehead atoms. The predicted molar refractivity (Wildman–Crippen MR) is 85.3 cm³/mol. The van der Waals surface area contributed by atoms with Crippen LogP contribution in [0.4, 0.5) is 0 Å². The number of unbranched alkanes of at least 4 members (excludes halogenated alkanes) is 3. The van der Waals surface area contributed by atoms with Gasteiger partial charge in [-0.05, 0) is 18.6 Å². The highest BCUT2D eigenvalue weighted by Crippen LogP contribution is 2.34. The van der Waals surface area contributed by atoms with Crippen LogP contribution < -0.4 is 5.32 Å². The third-order valence-corrected chi connectivity index (χ3v) is 3.51. The number of hydrogen-bond acceptors (Lipinski definition) is 4. The van der Waals surface area contributed by atoms with E-state index in [0.29, 0.717) is 12.2 Å². The average Bonchev–Trinajstić information content (AvgIpc) is 2.39. The van der Waals surface area contributed by atoms with Gasteiger partial charge in [0.15, 0.2) is 0 Å². The third kappa shape index (κ3) is 6.34. The molecule has 0 aliphatic heterocycles. The van der Waals surface area contributed by atoms with Crippen molar-refractivity contribution in [1.29, 1.82) is 0 Å². The molecule has 0 atom stereocenters. The highest BCUT2D eigenvalue weighted by Gasteiger charge is 2.27. The summed E-state index contributed by atoms with van der Waals surface area (Å²) < 4.78 is -0.835. The van der Waals surface area contributed by atoms with Gasteiger partial charge in [0.25, 0.3) is 0 Å². The smallest absolute Gasteiger partial charge is 0.222 e. The molecule has 0 saturated heterocycles. The van der Waals surface area contributed by atoms with E-state index in [1.54, 1.807) is 6.20 Å². The van der Waals surface area contributed by atoms with E-state index in [1.807, 2.05) is 18.2 Å².